The van der Waals surface area contributed by atoms with Crippen LogP contribution in [-0.2, 0) is 0 Å². The monoisotopic (exact) mass is 278 g/mol. The van der Waals surface area contributed by atoms with Gasteiger partial charge in [-0.25, -0.2) is 0 Å². The smallest absolute Gasteiger partial charge is 0.160 e. The molecule has 1 heterocycles. The summed E-state index contributed by atoms with van der Waals surface area (Å²) in [6, 6.07) is 9.80. The van der Waals surface area contributed by atoms with Gasteiger partial charge in [0, 0.05) is 10.9 Å². The van der Waals surface area contributed by atoms with Gasteiger partial charge in [0.25, 0.3) is 0 Å². The minimum Gasteiger partial charge on any atom is -0.192 e. The number of halogens is 2. The van der Waals surface area contributed by atoms with Gasteiger partial charge in [-0.1, -0.05) is 47.5 Å². The molecular formula is C12H4Cl2N2S. The number of aromatic nitrogens is 1. The van der Waals surface area contributed by atoms with Crippen LogP contribution in [0.1, 0.15) is 5.56 Å². The molecule has 5 heteroatoms. The van der Waals surface area contributed by atoms with Gasteiger partial charge in [-0.05, 0) is 16.9 Å². The minimum atomic E-state index is 0.234. The molecule has 0 saturated carbocycles. The van der Waals surface area contributed by atoms with Crippen molar-refractivity contribution in [3.05, 3.63) is 40.0 Å². The number of nitriles is 1. The summed E-state index contributed by atoms with van der Waals surface area (Å²) >= 11 is 13.5. The quantitative estimate of drug-likeness (QED) is 0.604. The van der Waals surface area contributed by atoms with Crippen molar-refractivity contribution in [1.29, 1.82) is 5.26 Å². The third kappa shape index (κ3) is 1.42. The van der Waals surface area contributed by atoms with Gasteiger partial charge >= 0.3 is 0 Å². The van der Waals surface area contributed by atoms with Crippen molar-refractivity contribution in [3.63, 3.8) is 0 Å². The fraction of sp³-hybridized carbons (Fsp3) is 0. The van der Waals surface area contributed by atoms with Crippen LogP contribution in [-0.4, -0.2) is 4.37 Å². The Labute approximate surface area is 112 Å². The number of hydrogen-bond donors (Lipinski definition) is 0. The highest BCUT2D eigenvalue weighted by atomic mass is 35.5. The van der Waals surface area contributed by atoms with Gasteiger partial charge in [-0.2, -0.15) is 9.64 Å². The molecule has 3 rings (SSSR count). The fourth-order valence-corrected chi connectivity index (χ4v) is 3.28. The van der Waals surface area contributed by atoms with E-state index >= 15 is 0 Å². The number of fused-ring (bicyclic) bond motifs is 3. The lowest BCUT2D eigenvalue weighted by atomic mass is 10.1. The largest absolute Gasteiger partial charge is 0.192 e. The van der Waals surface area contributed by atoms with Gasteiger partial charge in [0.1, 0.15) is 6.07 Å². The molecule has 0 amide bonds. The van der Waals surface area contributed by atoms with Crippen molar-refractivity contribution in [3.8, 4) is 16.5 Å². The second kappa shape index (κ2) is 3.85. The summed E-state index contributed by atoms with van der Waals surface area (Å²) in [6.45, 7) is 0. The summed E-state index contributed by atoms with van der Waals surface area (Å²) in [5.41, 5.74) is 1.20. The number of benzene rings is 1. The van der Waals surface area contributed by atoms with E-state index in [2.05, 4.69) is 10.4 Å². The highest BCUT2D eigenvalue weighted by molar-refractivity contribution is 7.10. The van der Waals surface area contributed by atoms with Crippen molar-refractivity contribution >= 4 is 45.5 Å². The summed E-state index contributed by atoms with van der Waals surface area (Å²) in [5, 5.41) is 11.9. The zero-order valence-corrected chi connectivity index (χ0v) is 10.7. The lowest BCUT2D eigenvalue weighted by Crippen LogP contribution is -1.85. The van der Waals surface area contributed by atoms with Crippen LogP contribution >= 0.6 is 34.7 Å². The standard InChI is InChI=1S/C12H4Cl2N2S/c13-10-7-4-2-1-3-6(7)9-8(5-15)12(14)16-17-11(9)10/h1-4H. The number of hydrogen-bond acceptors (Lipinski definition) is 3. The van der Waals surface area contributed by atoms with Gasteiger partial charge in [0.05, 0.1) is 15.5 Å². The molecular weight excluding hydrogens is 275 g/mol. The predicted molar refractivity (Wildman–Crippen MR) is 71.0 cm³/mol. The molecule has 82 valence electrons. The second-order valence-corrected chi connectivity index (χ2v) is 5.03. The molecule has 1 aromatic rings. The first-order chi connectivity index (χ1) is 8.24. The molecule has 0 radical (unpaired) electrons. The maximum atomic E-state index is 9.17. The Morgan fingerprint density at radius 1 is 1.18 bits per heavy atom. The Morgan fingerprint density at radius 2 is 1.88 bits per heavy atom. The SMILES string of the molecule is N#Cc1c(Cl)nsc2c(Cl)c3ccccc3c1-2. The molecule has 2 nitrogen and oxygen atoms in total. The van der Waals surface area contributed by atoms with Crippen molar-refractivity contribution in [1.82, 2.24) is 4.37 Å². The molecule has 1 aliphatic carbocycles. The summed E-state index contributed by atoms with van der Waals surface area (Å²) in [5.74, 6) is 0. The van der Waals surface area contributed by atoms with E-state index in [1.54, 1.807) is 0 Å². The third-order valence-corrected chi connectivity index (χ3v) is 4.39. The normalized spacial score (nSPS) is 10.9. The molecule has 0 spiro atoms. The topological polar surface area (TPSA) is 36.7 Å². The molecule has 1 aromatic carbocycles. The van der Waals surface area contributed by atoms with Gasteiger partial charge in [0.15, 0.2) is 5.15 Å². The van der Waals surface area contributed by atoms with Crippen LogP contribution in [0, 0.1) is 11.3 Å². The number of rotatable bonds is 0. The Morgan fingerprint density at radius 3 is 2.59 bits per heavy atom. The van der Waals surface area contributed by atoms with Gasteiger partial charge < -0.3 is 0 Å². The highest BCUT2D eigenvalue weighted by Crippen LogP contribution is 2.46. The first-order valence-corrected chi connectivity index (χ1v) is 6.32. The maximum Gasteiger partial charge on any atom is 0.160 e. The second-order valence-electron chi connectivity index (χ2n) is 3.52. The molecule has 0 bridgehead atoms. The third-order valence-electron chi connectivity index (χ3n) is 2.64. The molecule has 0 fully saturated rings. The van der Waals surface area contributed by atoms with E-state index in [-0.39, 0.29) is 5.15 Å². The Hall–Kier alpha value is -1.34. The maximum absolute atomic E-state index is 9.17. The molecule has 0 atom stereocenters. The molecule has 1 aliphatic heterocycles. The van der Waals surface area contributed by atoms with Crippen LogP contribution in [0.15, 0.2) is 24.3 Å². The van der Waals surface area contributed by atoms with Crippen LogP contribution in [0.2, 0.25) is 10.2 Å². The summed E-state index contributed by atoms with van der Waals surface area (Å²) in [7, 11) is 0. The van der Waals surface area contributed by atoms with E-state index in [0.29, 0.717) is 10.6 Å². The molecule has 0 N–H and O–H groups in total. The molecule has 17 heavy (non-hydrogen) atoms. The van der Waals surface area contributed by atoms with Crippen LogP contribution < -0.4 is 0 Å². The van der Waals surface area contributed by atoms with Crippen LogP contribution in [0.5, 0.6) is 0 Å². The van der Waals surface area contributed by atoms with Gasteiger partial charge in [-0.15, -0.1) is 0 Å². The Kier molecular flexibility index (Phi) is 2.44. The molecule has 0 unspecified atom stereocenters. The Balaban J connectivity index is 2.63. The lowest BCUT2D eigenvalue weighted by Gasteiger charge is -2.02. The predicted octanol–water partition coefficient (Wildman–Crippen LogP) is 4.58. The summed E-state index contributed by atoms with van der Waals surface area (Å²) in [4.78, 5) is 0.814. The van der Waals surface area contributed by atoms with E-state index < -0.39 is 0 Å². The Bertz CT molecular complexity index is 742. The van der Waals surface area contributed by atoms with E-state index in [1.165, 1.54) is 11.5 Å². The van der Waals surface area contributed by atoms with Crippen molar-refractivity contribution in [2.24, 2.45) is 0 Å². The highest BCUT2D eigenvalue weighted by Gasteiger charge is 2.23. The first kappa shape index (κ1) is 10.8. The average Bonchev–Trinajstić information content (AvgIpc) is 2.64. The van der Waals surface area contributed by atoms with Crippen molar-refractivity contribution < 1.29 is 0 Å². The summed E-state index contributed by atoms with van der Waals surface area (Å²) < 4.78 is 4.03. The van der Waals surface area contributed by atoms with E-state index in [1.807, 2.05) is 24.3 Å². The molecule has 0 aromatic heterocycles. The van der Waals surface area contributed by atoms with Gasteiger partial charge in [0.2, 0.25) is 0 Å². The van der Waals surface area contributed by atoms with E-state index in [0.717, 1.165) is 21.2 Å². The van der Waals surface area contributed by atoms with Gasteiger partial charge in [-0.3, -0.25) is 0 Å². The van der Waals surface area contributed by atoms with Crippen LogP contribution in [0.3, 0.4) is 0 Å². The van der Waals surface area contributed by atoms with Crippen molar-refractivity contribution in [2.45, 2.75) is 0 Å². The lowest BCUT2D eigenvalue weighted by molar-refractivity contribution is 1.44. The summed E-state index contributed by atoms with van der Waals surface area (Å²) in [6.07, 6.45) is 0. The molecule has 2 aliphatic rings. The van der Waals surface area contributed by atoms with Crippen LogP contribution in [0.4, 0.5) is 0 Å². The zero-order chi connectivity index (χ0) is 12.0. The number of nitrogens with zero attached hydrogens (tertiary/aromatic N) is 2. The van der Waals surface area contributed by atoms with Crippen molar-refractivity contribution in [2.75, 3.05) is 0 Å². The average molecular weight is 279 g/mol. The molecule has 0 saturated heterocycles. The first-order valence-electron chi connectivity index (χ1n) is 4.79. The fourth-order valence-electron chi connectivity index (χ4n) is 1.92. The van der Waals surface area contributed by atoms with Crippen LogP contribution in [0.25, 0.3) is 21.2 Å². The van der Waals surface area contributed by atoms with E-state index in [9.17, 15) is 5.26 Å². The zero-order valence-electron chi connectivity index (χ0n) is 8.37. The van der Waals surface area contributed by atoms with E-state index in [4.69, 9.17) is 23.2 Å². The minimum absolute atomic E-state index is 0.234.